The lowest BCUT2D eigenvalue weighted by Crippen LogP contribution is -2.20. The van der Waals surface area contributed by atoms with E-state index in [4.69, 9.17) is 4.74 Å². The molecule has 0 unspecified atom stereocenters. The lowest BCUT2D eigenvalue weighted by Gasteiger charge is -2.14. The number of para-hydroxylation sites is 1. The van der Waals surface area contributed by atoms with Crippen LogP contribution in [0.3, 0.4) is 0 Å². The van der Waals surface area contributed by atoms with E-state index in [-0.39, 0.29) is 24.1 Å². The lowest BCUT2D eigenvalue weighted by atomic mass is 10.2. The number of thioether (sulfide) groups is 1. The number of fused-ring (bicyclic) bond motifs is 1. The van der Waals surface area contributed by atoms with Crippen molar-refractivity contribution in [1.82, 2.24) is 0 Å². The first kappa shape index (κ1) is 14.7. The molecule has 6 heteroatoms. The maximum atomic E-state index is 12.2. The van der Waals surface area contributed by atoms with Crippen LogP contribution < -0.4 is 4.90 Å². The van der Waals surface area contributed by atoms with Crippen molar-refractivity contribution >= 4 is 29.2 Å². The van der Waals surface area contributed by atoms with Crippen LogP contribution >= 0.6 is 11.8 Å². The van der Waals surface area contributed by atoms with Gasteiger partial charge in [-0.15, -0.1) is 0 Å². The van der Waals surface area contributed by atoms with Crippen LogP contribution in [0.2, 0.25) is 0 Å². The lowest BCUT2D eigenvalue weighted by molar-refractivity contribution is -0.148. The van der Waals surface area contributed by atoms with Crippen molar-refractivity contribution in [3.05, 3.63) is 34.9 Å². The highest BCUT2D eigenvalue weighted by molar-refractivity contribution is 8.03. The molecule has 0 aromatic heterocycles. The molecule has 0 saturated heterocycles. The topological polar surface area (TPSA) is 70.4 Å². The van der Waals surface area contributed by atoms with Crippen LogP contribution in [0.1, 0.15) is 12.8 Å². The van der Waals surface area contributed by atoms with E-state index in [2.05, 4.69) is 0 Å². The van der Waals surface area contributed by atoms with Crippen LogP contribution in [0.25, 0.3) is 0 Å². The Kier molecular flexibility index (Phi) is 3.90. The van der Waals surface area contributed by atoms with Crippen LogP contribution in [0.4, 0.5) is 5.69 Å². The first-order valence-electron chi connectivity index (χ1n) is 6.96. The quantitative estimate of drug-likeness (QED) is 0.483. The summed E-state index contributed by atoms with van der Waals surface area (Å²) < 4.78 is 4.98. The Morgan fingerprint density at radius 1 is 1.41 bits per heavy atom. The highest BCUT2D eigenvalue weighted by atomic mass is 32.2. The fourth-order valence-electron chi connectivity index (χ4n) is 2.20. The van der Waals surface area contributed by atoms with Gasteiger partial charge in [0.15, 0.2) is 6.61 Å². The molecule has 22 heavy (non-hydrogen) atoms. The zero-order valence-electron chi connectivity index (χ0n) is 12.0. The minimum Gasteiger partial charge on any atom is -0.457 e. The SMILES string of the molecule is CN1/C(=C(/C#N)C(=O)COC(=O)C2CC2)Sc2ccccc21. The van der Waals surface area contributed by atoms with Gasteiger partial charge in [-0.2, -0.15) is 5.26 Å². The summed E-state index contributed by atoms with van der Waals surface area (Å²) in [6, 6.07) is 9.64. The maximum absolute atomic E-state index is 12.2. The number of esters is 1. The molecule has 0 atom stereocenters. The summed E-state index contributed by atoms with van der Waals surface area (Å²) in [5.41, 5.74) is 0.991. The molecule has 0 spiro atoms. The third-order valence-electron chi connectivity index (χ3n) is 3.60. The fraction of sp³-hybridized carbons (Fsp3) is 0.312. The molecule has 0 radical (unpaired) electrons. The molecule has 1 aromatic rings. The van der Waals surface area contributed by atoms with E-state index in [9.17, 15) is 14.9 Å². The number of hydrogen-bond donors (Lipinski definition) is 0. The van der Waals surface area contributed by atoms with Crippen molar-refractivity contribution in [1.29, 1.82) is 5.26 Å². The normalized spacial score (nSPS) is 18.5. The summed E-state index contributed by atoms with van der Waals surface area (Å²) in [4.78, 5) is 26.5. The predicted molar refractivity (Wildman–Crippen MR) is 82.0 cm³/mol. The number of benzene rings is 1. The van der Waals surface area contributed by atoms with Gasteiger partial charge in [0.2, 0.25) is 5.78 Å². The van der Waals surface area contributed by atoms with Gasteiger partial charge < -0.3 is 9.64 Å². The third-order valence-corrected chi connectivity index (χ3v) is 4.84. The van der Waals surface area contributed by atoms with Crippen molar-refractivity contribution < 1.29 is 14.3 Å². The van der Waals surface area contributed by atoms with Gasteiger partial charge in [0.05, 0.1) is 11.6 Å². The van der Waals surface area contributed by atoms with E-state index in [0.29, 0.717) is 5.03 Å². The molecule has 0 amide bonds. The Balaban J connectivity index is 1.77. The number of carbonyl (C=O) groups is 2. The van der Waals surface area contributed by atoms with E-state index in [0.717, 1.165) is 23.4 Å². The van der Waals surface area contributed by atoms with Gasteiger partial charge in [0, 0.05) is 11.9 Å². The highest BCUT2D eigenvalue weighted by Gasteiger charge is 2.33. The van der Waals surface area contributed by atoms with Crippen LogP contribution in [0, 0.1) is 17.2 Å². The monoisotopic (exact) mass is 314 g/mol. The summed E-state index contributed by atoms with van der Waals surface area (Å²) in [5, 5.41) is 9.91. The highest BCUT2D eigenvalue weighted by Crippen LogP contribution is 2.46. The second-order valence-corrected chi connectivity index (χ2v) is 6.26. The number of nitriles is 1. The number of hydrogen-bond acceptors (Lipinski definition) is 6. The largest absolute Gasteiger partial charge is 0.457 e. The maximum Gasteiger partial charge on any atom is 0.309 e. The predicted octanol–water partition coefficient (Wildman–Crippen LogP) is 2.49. The van der Waals surface area contributed by atoms with E-state index in [1.807, 2.05) is 42.3 Å². The average molecular weight is 314 g/mol. The Morgan fingerprint density at radius 2 is 2.14 bits per heavy atom. The number of ether oxygens (including phenoxy) is 1. The molecule has 3 rings (SSSR count). The van der Waals surface area contributed by atoms with E-state index < -0.39 is 5.78 Å². The molecule has 1 fully saturated rings. The van der Waals surface area contributed by atoms with Crippen LogP contribution in [-0.2, 0) is 14.3 Å². The second kappa shape index (κ2) is 5.85. The summed E-state index contributed by atoms with van der Waals surface area (Å²) in [6.45, 7) is -0.369. The first-order valence-corrected chi connectivity index (χ1v) is 7.78. The van der Waals surface area contributed by atoms with Crippen LogP contribution in [0.15, 0.2) is 39.8 Å². The summed E-state index contributed by atoms with van der Waals surface area (Å²) in [6.07, 6.45) is 1.65. The van der Waals surface area contributed by atoms with Gasteiger partial charge in [-0.25, -0.2) is 0 Å². The zero-order valence-corrected chi connectivity index (χ0v) is 12.9. The minimum absolute atomic E-state index is 0.0345. The van der Waals surface area contributed by atoms with Crippen molar-refractivity contribution in [3.63, 3.8) is 0 Å². The van der Waals surface area contributed by atoms with Gasteiger partial charge in [0.1, 0.15) is 16.7 Å². The molecule has 1 heterocycles. The van der Waals surface area contributed by atoms with Crippen LogP contribution in [0.5, 0.6) is 0 Å². The minimum atomic E-state index is -0.460. The molecule has 112 valence electrons. The number of ketones is 1. The molecule has 0 N–H and O–H groups in total. The molecule has 1 aliphatic carbocycles. The van der Waals surface area contributed by atoms with E-state index in [1.165, 1.54) is 11.8 Å². The number of Topliss-reactive ketones (excluding diaryl/α,β-unsaturated/α-hetero) is 1. The average Bonchev–Trinajstić information content (AvgIpc) is 3.32. The third kappa shape index (κ3) is 2.72. The zero-order chi connectivity index (χ0) is 15.7. The molecule has 2 aliphatic rings. The number of nitrogens with zero attached hydrogens (tertiary/aromatic N) is 2. The smallest absolute Gasteiger partial charge is 0.309 e. The van der Waals surface area contributed by atoms with Gasteiger partial charge in [-0.1, -0.05) is 23.9 Å². The van der Waals surface area contributed by atoms with Crippen molar-refractivity contribution in [3.8, 4) is 6.07 Å². The van der Waals surface area contributed by atoms with Crippen molar-refractivity contribution in [2.45, 2.75) is 17.7 Å². The second-order valence-electron chi connectivity index (χ2n) is 5.23. The Hall–Kier alpha value is -2.26. The molecule has 1 saturated carbocycles. The van der Waals surface area contributed by atoms with Gasteiger partial charge in [-0.3, -0.25) is 9.59 Å². The van der Waals surface area contributed by atoms with Crippen LogP contribution in [-0.4, -0.2) is 25.4 Å². The molecular weight excluding hydrogens is 300 g/mol. The standard InChI is InChI=1S/C16H14N2O3S/c1-18-12-4-2-3-5-14(12)22-15(18)11(8-17)13(19)9-21-16(20)10-6-7-10/h2-5,10H,6-7,9H2,1H3/b15-11+. The summed E-state index contributed by atoms with van der Waals surface area (Å²) in [5.74, 6) is -0.858. The van der Waals surface area contributed by atoms with Crippen molar-refractivity contribution in [2.75, 3.05) is 18.6 Å². The molecule has 1 aliphatic heterocycles. The molecular formula is C16H14N2O3S. The van der Waals surface area contributed by atoms with E-state index >= 15 is 0 Å². The Morgan fingerprint density at radius 3 is 2.77 bits per heavy atom. The van der Waals surface area contributed by atoms with Gasteiger partial charge in [0.25, 0.3) is 0 Å². The first-order chi connectivity index (χ1) is 10.6. The Labute approximate surface area is 132 Å². The van der Waals surface area contributed by atoms with E-state index in [1.54, 1.807) is 0 Å². The van der Waals surface area contributed by atoms with Gasteiger partial charge in [-0.05, 0) is 25.0 Å². The number of rotatable bonds is 4. The number of anilines is 1. The fourth-order valence-corrected chi connectivity index (χ4v) is 3.36. The van der Waals surface area contributed by atoms with Crippen molar-refractivity contribution in [2.24, 2.45) is 5.92 Å². The molecule has 0 bridgehead atoms. The Bertz CT molecular complexity index is 716. The molecule has 5 nitrogen and oxygen atoms in total. The number of carbonyl (C=O) groups excluding carboxylic acids is 2. The van der Waals surface area contributed by atoms with Gasteiger partial charge >= 0.3 is 5.97 Å². The summed E-state index contributed by atoms with van der Waals surface area (Å²) in [7, 11) is 1.81. The molecule has 1 aromatic carbocycles. The summed E-state index contributed by atoms with van der Waals surface area (Å²) >= 11 is 1.38.